The van der Waals surface area contributed by atoms with Gasteiger partial charge in [0.25, 0.3) is 15.0 Å². The third-order valence-corrected chi connectivity index (χ3v) is 5.16. The minimum Gasteiger partial charge on any atom is -0.351 e. The van der Waals surface area contributed by atoms with E-state index in [0.29, 0.717) is 11.3 Å². The maximum atomic E-state index is 11.9. The molecular formula is C11H13Cl2NO4S2. The first-order chi connectivity index (χ1) is 9.12. The highest BCUT2D eigenvalue weighted by Gasteiger charge is 2.19. The third kappa shape index (κ3) is 4.73. The van der Waals surface area contributed by atoms with Crippen LogP contribution in [0.25, 0.3) is 0 Å². The van der Waals surface area contributed by atoms with Crippen molar-refractivity contribution in [3.05, 3.63) is 28.3 Å². The monoisotopic (exact) mass is 357 g/mol. The van der Waals surface area contributed by atoms with Crippen molar-refractivity contribution >= 4 is 48.0 Å². The molecule has 9 heteroatoms. The molecule has 1 N–H and O–H groups in total. The van der Waals surface area contributed by atoms with Gasteiger partial charge >= 0.3 is 0 Å². The van der Waals surface area contributed by atoms with Gasteiger partial charge in [-0.15, -0.1) is 0 Å². The molecule has 20 heavy (non-hydrogen) atoms. The lowest BCUT2D eigenvalue weighted by Gasteiger charge is -2.09. The van der Waals surface area contributed by atoms with Gasteiger partial charge in [0.05, 0.1) is 5.02 Å². The smallest absolute Gasteiger partial charge is 0.262 e. The molecule has 0 bridgehead atoms. The van der Waals surface area contributed by atoms with Crippen LogP contribution in [0, 0.1) is 6.92 Å². The molecule has 112 valence electrons. The summed E-state index contributed by atoms with van der Waals surface area (Å²) < 4.78 is 33.7. The summed E-state index contributed by atoms with van der Waals surface area (Å²) in [6.45, 7) is 1.80. The molecule has 0 saturated carbocycles. The van der Waals surface area contributed by atoms with Crippen LogP contribution in [0.4, 0.5) is 0 Å². The molecule has 0 radical (unpaired) electrons. The maximum Gasteiger partial charge on any atom is 0.262 e. The van der Waals surface area contributed by atoms with Crippen LogP contribution in [-0.4, -0.2) is 37.1 Å². The summed E-state index contributed by atoms with van der Waals surface area (Å²) in [6, 6.07) is 2.59. The molecule has 0 fully saturated rings. The molecular weight excluding hydrogens is 345 g/mol. The Hall–Kier alpha value is -0.630. The Balaban J connectivity index is 3.05. The molecule has 0 saturated heterocycles. The van der Waals surface area contributed by atoms with E-state index in [1.807, 2.05) is 0 Å². The second-order valence-electron chi connectivity index (χ2n) is 4.08. The van der Waals surface area contributed by atoms with Crippen molar-refractivity contribution in [2.75, 3.05) is 18.6 Å². The predicted octanol–water partition coefficient (Wildman–Crippen LogP) is 1.68. The molecule has 0 aliphatic rings. The molecule has 1 aromatic rings. The van der Waals surface area contributed by atoms with E-state index in [1.54, 1.807) is 6.92 Å². The van der Waals surface area contributed by atoms with Crippen molar-refractivity contribution < 1.29 is 17.4 Å². The van der Waals surface area contributed by atoms with Crippen LogP contribution in [0.1, 0.15) is 15.9 Å². The minimum atomic E-state index is -4.03. The second kappa shape index (κ2) is 6.89. The summed E-state index contributed by atoms with van der Waals surface area (Å²) >= 11 is 5.86. The molecule has 0 aliphatic heterocycles. The van der Waals surface area contributed by atoms with Crippen LogP contribution in [-0.2, 0) is 19.9 Å². The first-order valence-electron chi connectivity index (χ1n) is 5.46. The first kappa shape index (κ1) is 17.4. The zero-order valence-electron chi connectivity index (χ0n) is 10.8. The highest BCUT2D eigenvalue weighted by molar-refractivity contribution is 8.13. The number of halogens is 2. The van der Waals surface area contributed by atoms with E-state index in [9.17, 15) is 17.4 Å². The van der Waals surface area contributed by atoms with Gasteiger partial charge in [0.15, 0.2) is 0 Å². The quantitative estimate of drug-likeness (QED) is 0.813. The maximum absolute atomic E-state index is 11.9. The van der Waals surface area contributed by atoms with E-state index in [1.165, 1.54) is 12.3 Å². The number of nitrogens with one attached hydrogen (secondary N) is 1. The number of rotatable bonds is 5. The average Bonchev–Trinajstić information content (AvgIpc) is 2.30. The fraction of sp³-hybridized carbons (Fsp3) is 0.364. The van der Waals surface area contributed by atoms with Gasteiger partial charge in [-0.25, -0.2) is 8.42 Å². The molecule has 5 nitrogen and oxygen atoms in total. The van der Waals surface area contributed by atoms with Crippen LogP contribution in [0.3, 0.4) is 0 Å². The standard InChI is InChI=1S/C11H13Cl2NO4S2/c1-7-5-8(11(15)14-3-4-19(2)16)6-9(10(7)12)20(13,17)18/h5-6H,3-4H2,1-2H3,(H,14,15). The summed E-state index contributed by atoms with van der Waals surface area (Å²) in [5.74, 6) is -0.157. The fourth-order valence-corrected chi connectivity index (χ4v) is 3.39. The van der Waals surface area contributed by atoms with E-state index >= 15 is 0 Å². The molecule has 1 aromatic carbocycles. The van der Waals surface area contributed by atoms with Crippen LogP contribution in [0.5, 0.6) is 0 Å². The molecule has 1 unspecified atom stereocenters. The van der Waals surface area contributed by atoms with Crippen molar-refractivity contribution in [3.8, 4) is 0 Å². The Morgan fingerprint density at radius 3 is 2.50 bits per heavy atom. The summed E-state index contributed by atoms with van der Waals surface area (Å²) in [7, 11) is 0.222. The van der Waals surface area contributed by atoms with Crippen LogP contribution >= 0.6 is 22.3 Å². The van der Waals surface area contributed by atoms with Crippen LogP contribution in [0.15, 0.2) is 17.0 Å². The molecule has 0 spiro atoms. The van der Waals surface area contributed by atoms with E-state index in [-0.39, 0.29) is 22.0 Å². The van der Waals surface area contributed by atoms with Gasteiger partial charge in [0.1, 0.15) is 4.90 Å². The van der Waals surface area contributed by atoms with Crippen molar-refractivity contribution in [2.45, 2.75) is 11.8 Å². The number of hydrogen-bond donors (Lipinski definition) is 1. The number of aryl methyl sites for hydroxylation is 1. The molecule has 1 rings (SSSR count). The van der Waals surface area contributed by atoms with Crippen LogP contribution < -0.4 is 5.32 Å². The molecule has 0 heterocycles. The predicted molar refractivity (Wildman–Crippen MR) is 80.5 cm³/mol. The Bertz CT molecular complexity index is 659. The molecule has 1 amide bonds. The lowest BCUT2D eigenvalue weighted by molar-refractivity contribution is 0.0956. The summed E-state index contributed by atoms with van der Waals surface area (Å²) in [4.78, 5) is 11.6. The van der Waals surface area contributed by atoms with Gasteiger partial charge in [0, 0.05) is 45.6 Å². The zero-order valence-corrected chi connectivity index (χ0v) is 13.9. The van der Waals surface area contributed by atoms with E-state index in [2.05, 4.69) is 5.32 Å². The van der Waals surface area contributed by atoms with Crippen molar-refractivity contribution in [1.82, 2.24) is 5.32 Å². The average molecular weight is 358 g/mol. The Kier molecular flexibility index (Phi) is 6.00. The van der Waals surface area contributed by atoms with Gasteiger partial charge in [-0.1, -0.05) is 11.6 Å². The number of hydrogen-bond acceptors (Lipinski definition) is 4. The van der Waals surface area contributed by atoms with Gasteiger partial charge in [-0.2, -0.15) is 0 Å². The SMILES string of the molecule is Cc1cc(C(=O)NCCS(C)=O)cc(S(=O)(=O)Cl)c1Cl. The second-order valence-corrected chi connectivity index (χ2v) is 8.54. The third-order valence-electron chi connectivity index (χ3n) is 2.42. The van der Waals surface area contributed by atoms with E-state index in [0.717, 1.165) is 6.07 Å². The minimum absolute atomic E-state index is 0.00814. The Morgan fingerprint density at radius 1 is 1.40 bits per heavy atom. The number of amides is 1. The normalized spacial score (nSPS) is 13.0. The van der Waals surface area contributed by atoms with Gasteiger partial charge in [-0.05, 0) is 24.6 Å². The highest BCUT2D eigenvalue weighted by Crippen LogP contribution is 2.29. The van der Waals surface area contributed by atoms with Crippen LogP contribution in [0.2, 0.25) is 5.02 Å². The largest absolute Gasteiger partial charge is 0.351 e. The lowest BCUT2D eigenvalue weighted by Crippen LogP contribution is -2.27. The number of carbonyl (C=O) groups excluding carboxylic acids is 1. The summed E-state index contributed by atoms with van der Waals surface area (Å²) in [5.41, 5.74) is 0.561. The summed E-state index contributed by atoms with van der Waals surface area (Å²) in [5, 5.41) is 2.53. The molecule has 1 atom stereocenters. The van der Waals surface area contributed by atoms with E-state index < -0.39 is 25.8 Å². The fourth-order valence-electron chi connectivity index (χ4n) is 1.46. The van der Waals surface area contributed by atoms with Gasteiger partial charge < -0.3 is 5.32 Å². The van der Waals surface area contributed by atoms with Gasteiger partial charge in [0.2, 0.25) is 0 Å². The van der Waals surface area contributed by atoms with Gasteiger partial charge in [-0.3, -0.25) is 9.00 Å². The van der Waals surface area contributed by atoms with E-state index in [4.69, 9.17) is 22.3 Å². The first-order valence-corrected chi connectivity index (χ1v) is 9.87. The summed E-state index contributed by atoms with van der Waals surface area (Å²) in [6.07, 6.45) is 1.52. The molecule has 0 aromatic heterocycles. The highest BCUT2D eigenvalue weighted by atomic mass is 35.7. The van der Waals surface area contributed by atoms with Crippen molar-refractivity contribution in [2.24, 2.45) is 0 Å². The number of benzene rings is 1. The van der Waals surface area contributed by atoms with Crippen molar-refractivity contribution in [1.29, 1.82) is 0 Å². The lowest BCUT2D eigenvalue weighted by atomic mass is 10.1. The zero-order chi connectivity index (χ0) is 15.5. The van der Waals surface area contributed by atoms with Crippen molar-refractivity contribution in [3.63, 3.8) is 0 Å². The topological polar surface area (TPSA) is 80.3 Å². The number of carbonyl (C=O) groups is 1. The Labute approximate surface area is 129 Å². The molecule has 0 aliphatic carbocycles. The Morgan fingerprint density at radius 2 is 2.00 bits per heavy atom.